The fourth-order valence-corrected chi connectivity index (χ4v) is 2.50. The Morgan fingerprint density at radius 2 is 2.25 bits per heavy atom. The zero-order chi connectivity index (χ0) is 14.4. The maximum atomic E-state index is 12.3. The Morgan fingerprint density at radius 3 is 2.90 bits per heavy atom. The number of rotatable bonds is 6. The van der Waals surface area contributed by atoms with Crippen molar-refractivity contribution in [1.29, 1.82) is 0 Å². The zero-order valence-electron chi connectivity index (χ0n) is 11.6. The molecule has 1 aromatic rings. The second-order valence-electron chi connectivity index (χ2n) is 5.00. The maximum Gasteiger partial charge on any atom is 0.227 e. The van der Waals surface area contributed by atoms with E-state index in [0.717, 1.165) is 25.9 Å². The molecule has 1 fully saturated rings. The summed E-state index contributed by atoms with van der Waals surface area (Å²) in [6.07, 6.45) is 3.45. The normalized spacial score (nSPS) is 18.1. The van der Waals surface area contributed by atoms with E-state index in [1.54, 1.807) is 17.0 Å². The largest absolute Gasteiger partial charge is 0.397 e. The van der Waals surface area contributed by atoms with Crippen LogP contribution in [0.1, 0.15) is 25.7 Å². The SMILES string of the molecule is Nc1ccccc1N(CCO)C(=O)CCC1CCCO1. The van der Waals surface area contributed by atoms with Gasteiger partial charge in [0.1, 0.15) is 0 Å². The highest BCUT2D eigenvalue weighted by Crippen LogP contribution is 2.24. The number of nitrogens with two attached hydrogens (primary N) is 1. The third-order valence-electron chi connectivity index (χ3n) is 3.56. The van der Waals surface area contributed by atoms with Gasteiger partial charge in [-0.2, -0.15) is 0 Å². The minimum absolute atomic E-state index is 0.0209. The molecule has 2 rings (SSSR count). The Morgan fingerprint density at radius 1 is 1.45 bits per heavy atom. The second kappa shape index (κ2) is 7.26. The first kappa shape index (κ1) is 14.8. The van der Waals surface area contributed by atoms with Crippen LogP contribution in [-0.2, 0) is 9.53 Å². The van der Waals surface area contributed by atoms with Crippen LogP contribution in [0.25, 0.3) is 0 Å². The fraction of sp³-hybridized carbons (Fsp3) is 0.533. The van der Waals surface area contributed by atoms with Gasteiger partial charge in [0.15, 0.2) is 0 Å². The molecule has 3 N–H and O–H groups in total. The molecule has 1 aliphatic heterocycles. The van der Waals surface area contributed by atoms with Gasteiger partial charge in [-0.1, -0.05) is 12.1 Å². The van der Waals surface area contributed by atoms with Gasteiger partial charge in [0.25, 0.3) is 0 Å². The quantitative estimate of drug-likeness (QED) is 0.774. The van der Waals surface area contributed by atoms with Crippen molar-refractivity contribution >= 4 is 17.3 Å². The van der Waals surface area contributed by atoms with Gasteiger partial charge >= 0.3 is 0 Å². The highest BCUT2D eigenvalue weighted by atomic mass is 16.5. The first-order chi connectivity index (χ1) is 9.72. The Labute approximate surface area is 119 Å². The highest BCUT2D eigenvalue weighted by molar-refractivity contribution is 5.96. The number of carbonyl (C=O) groups is 1. The molecule has 0 aromatic heterocycles. The summed E-state index contributed by atoms with van der Waals surface area (Å²) in [5, 5.41) is 9.16. The molecule has 1 atom stereocenters. The number of para-hydroxylation sites is 2. The molecule has 110 valence electrons. The van der Waals surface area contributed by atoms with Crippen molar-refractivity contribution in [3.05, 3.63) is 24.3 Å². The molecule has 1 unspecified atom stereocenters. The first-order valence-electron chi connectivity index (χ1n) is 7.09. The predicted molar refractivity (Wildman–Crippen MR) is 78.5 cm³/mol. The van der Waals surface area contributed by atoms with Gasteiger partial charge in [-0.25, -0.2) is 0 Å². The fourth-order valence-electron chi connectivity index (χ4n) is 2.50. The van der Waals surface area contributed by atoms with E-state index < -0.39 is 0 Å². The van der Waals surface area contributed by atoms with Crippen LogP contribution in [-0.4, -0.2) is 36.9 Å². The third kappa shape index (κ3) is 3.71. The predicted octanol–water partition coefficient (Wildman–Crippen LogP) is 1.55. The monoisotopic (exact) mass is 278 g/mol. The summed E-state index contributed by atoms with van der Waals surface area (Å²) in [5.74, 6) is -0.0209. The lowest BCUT2D eigenvalue weighted by Gasteiger charge is -2.24. The minimum Gasteiger partial charge on any atom is -0.397 e. The first-order valence-corrected chi connectivity index (χ1v) is 7.09. The summed E-state index contributed by atoms with van der Waals surface area (Å²) < 4.78 is 5.53. The Kier molecular flexibility index (Phi) is 5.38. The van der Waals surface area contributed by atoms with Crippen molar-refractivity contribution in [3.63, 3.8) is 0 Å². The maximum absolute atomic E-state index is 12.3. The standard InChI is InChI=1S/C15H22N2O3/c16-13-5-1-2-6-14(13)17(9-10-18)15(19)8-7-12-4-3-11-20-12/h1-2,5-6,12,18H,3-4,7-11,16H2. The molecule has 1 saturated heterocycles. The lowest BCUT2D eigenvalue weighted by molar-refractivity contribution is -0.119. The van der Waals surface area contributed by atoms with Crippen molar-refractivity contribution < 1.29 is 14.6 Å². The third-order valence-corrected chi connectivity index (χ3v) is 3.56. The molecule has 0 saturated carbocycles. The molecule has 5 heteroatoms. The summed E-state index contributed by atoms with van der Waals surface area (Å²) in [5.41, 5.74) is 7.12. The molecule has 0 bridgehead atoms. The average Bonchev–Trinajstić information content (AvgIpc) is 2.96. The van der Waals surface area contributed by atoms with Crippen molar-refractivity contribution in [2.24, 2.45) is 0 Å². The van der Waals surface area contributed by atoms with Crippen LogP contribution in [0.3, 0.4) is 0 Å². The average molecular weight is 278 g/mol. The Bertz CT molecular complexity index is 444. The van der Waals surface area contributed by atoms with E-state index in [-0.39, 0.29) is 25.2 Å². The molecule has 0 radical (unpaired) electrons. The number of aliphatic hydroxyl groups excluding tert-OH is 1. The summed E-state index contributed by atoms with van der Waals surface area (Å²) in [6, 6.07) is 7.22. The van der Waals surface area contributed by atoms with Crippen molar-refractivity contribution in [2.45, 2.75) is 31.8 Å². The van der Waals surface area contributed by atoms with E-state index in [4.69, 9.17) is 15.6 Å². The van der Waals surface area contributed by atoms with E-state index in [9.17, 15) is 4.79 Å². The minimum atomic E-state index is -0.0833. The summed E-state index contributed by atoms with van der Waals surface area (Å²) in [4.78, 5) is 13.9. The van der Waals surface area contributed by atoms with Gasteiger partial charge in [0.05, 0.1) is 24.1 Å². The van der Waals surface area contributed by atoms with Crippen LogP contribution >= 0.6 is 0 Å². The molecule has 1 heterocycles. The van der Waals surface area contributed by atoms with Crippen LogP contribution in [0.2, 0.25) is 0 Å². The number of hydrogen-bond acceptors (Lipinski definition) is 4. The molecular formula is C15H22N2O3. The number of ether oxygens (including phenoxy) is 1. The lowest BCUT2D eigenvalue weighted by atomic mass is 10.1. The summed E-state index contributed by atoms with van der Waals surface area (Å²) >= 11 is 0. The lowest BCUT2D eigenvalue weighted by Crippen LogP contribution is -2.34. The number of nitrogens with zero attached hydrogens (tertiary/aromatic N) is 1. The number of anilines is 2. The highest BCUT2D eigenvalue weighted by Gasteiger charge is 2.21. The Hall–Kier alpha value is -1.59. The van der Waals surface area contributed by atoms with Crippen molar-refractivity contribution in [2.75, 3.05) is 30.4 Å². The molecule has 1 amide bonds. The van der Waals surface area contributed by atoms with Gasteiger partial charge in [-0.3, -0.25) is 4.79 Å². The second-order valence-corrected chi connectivity index (χ2v) is 5.00. The van der Waals surface area contributed by atoms with Crippen LogP contribution in [0.15, 0.2) is 24.3 Å². The zero-order valence-corrected chi connectivity index (χ0v) is 11.6. The Balaban J connectivity index is 2.00. The molecule has 1 aliphatic rings. The number of carbonyl (C=O) groups excluding carboxylic acids is 1. The number of benzene rings is 1. The van der Waals surface area contributed by atoms with Crippen LogP contribution in [0.5, 0.6) is 0 Å². The summed E-state index contributed by atoms with van der Waals surface area (Å²) in [6.45, 7) is 0.976. The molecule has 0 aliphatic carbocycles. The molecular weight excluding hydrogens is 256 g/mol. The van der Waals surface area contributed by atoms with Gasteiger partial charge in [0.2, 0.25) is 5.91 Å². The van der Waals surface area contributed by atoms with Crippen LogP contribution in [0, 0.1) is 0 Å². The number of nitrogen functional groups attached to an aromatic ring is 1. The van der Waals surface area contributed by atoms with Gasteiger partial charge < -0.3 is 20.5 Å². The number of aliphatic hydroxyl groups is 1. The van der Waals surface area contributed by atoms with E-state index >= 15 is 0 Å². The molecule has 20 heavy (non-hydrogen) atoms. The summed E-state index contributed by atoms with van der Waals surface area (Å²) in [7, 11) is 0. The van der Waals surface area contributed by atoms with Gasteiger partial charge in [0, 0.05) is 19.6 Å². The smallest absolute Gasteiger partial charge is 0.227 e. The van der Waals surface area contributed by atoms with Crippen LogP contribution < -0.4 is 10.6 Å². The van der Waals surface area contributed by atoms with Gasteiger partial charge in [-0.15, -0.1) is 0 Å². The molecule has 5 nitrogen and oxygen atoms in total. The topological polar surface area (TPSA) is 75.8 Å². The number of hydrogen-bond donors (Lipinski definition) is 2. The van der Waals surface area contributed by atoms with Crippen LogP contribution in [0.4, 0.5) is 11.4 Å². The van der Waals surface area contributed by atoms with E-state index in [0.29, 0.717) is 17.8 Å². The molecule has 0 spiro atoms. The van der Waals surface area contributed by atoms with E-state index in [2.05, 4.69) is 0 Å². The van der Waals surface area contributed by atoms with Crippen molar-refractivity contribution in [3.8, 4) is 0 Å². The van der Waals surface area contributed by atoms with Gasteiger partial charge in [-0.05, 0) is 31.4 Å². The van der Waals surface area contributed by atoms with Crippen molar-refractivity contribution in [1.82, 2.24) is 0 Å². The van der Waals surface area contributed by atoms with E-state index in [1.165, 1.54) is 0 Å². The van der Waals surface area contributed by atoms with E-state index in [1.807, 2.05) is 12.1 Å². The molecule has 1 aromatic carbocycles. The number of amides is 1.